The normalized spacial score (nSPS) is 11.6. The van der Waals surface area contributed by atoms with Crippen molar-refractivity contribution in [1.29, 1.82) is 0 Å². The molecule has 0 amide bonds. The molecule has 72 valence electrons. The number of anilines is 1. The molecule has 0 saturated carbocycles. The summed E-state index contributed by atoms with van der Waals surface area (Å²) in [5.74, 6) is 0.367. The maximum Gasteiger partial charge on any atom is 0.220 e. The summed E-state index contributed by atoms with van der Waals surface area (Å²) in [4.78, 5) is 7.99. The van der Waals surface area contributed by atoms with E-state index >= 15 is 0 Å². The first-order chi connectivity index (χ1) is 5.97. The summed E-state index contributed by atoms with van der Waals surface area (Å²) >= 11 is 0. The van der Waals surface area contributed by atoms with Crippen LogP contribution in [0.3, 0.4) is 0 Å². The van der Waals surface area contributed by atoms with Gasteiger partial charge in [-0.3, -0.25) is 0 Å². The second-order valence-electron chi connectivity index (χ2n) is 4.47. The van der Waals surface area contributed by atoms with Gasteiger partial charge in [0.1, 0.15) is 0 Å². The molecule has 2 N–H and O–H groups in total. The number of nitrogens with zero attached hydrogens (tertiary/aromatic N) is 2. The van der Waals surface area contributed by atoms with Crippen molar-refractivity contribution in [2.75, 3.05) is 5.73 Å². The molecule has 0 spiro atoms. The van der Waals surface area contributed by atoms with Gasteiger partial charge in [0.05, 0.1) is 0 Å². The van der Waals surface area contributed by atoms with E-state index in [9.17, 15) is 0 Å². The fraction of sp³-hybridized carbons (Fsp3) is 0.600. The highest BCUT2D eigenvalue weighted by molar-refractivity contribution is 5.17. The molecule has 0 aliphatic rings. The zero-order chi connectivity index (χ0) is 9.90. The topological polar surface area (TPSA) is 51.8 Å². The van der Waals surface area contributed by atoms with Crippen LogP contribution in [0, 0.1) is 5.41 Å². The van der Waals surface area contributed by atoms with Crippen LogP contribution < -0.4 is 5.73 Å². The standard InChI is InChI=1S/C10H17N3/c1-10(2,3)6-4-8-5-7-12-9(11)13-8/h5,7H,4,6H2,1-3H3,(H2,11,12,13). The average molecular weight is 179 g/mol. The van der Waals surface area contributed by atoms with Gasteiger partial charge in [-0.2, -0.15) is 0 Å². The lowest BCUT2D eigenvalue weighted by Gasteiger charge is -2.17. The van der Waals surface area contributed by atoms with Crippen LogP contribution in [-0.2, 0) is 6.42 Å². The van der Waals surface area contributed by atoms with E-state index in [4.69, 9.17) is 5.73 Å². The third-order valence-corrected chi connectivity index (χ3v) is 1.86. The van der Waals surface area contributed by atoms with E-state index in [0.717, 1.165) is 18.5 Å². The van der Waals surface area contributed by atoms with E-state index in [1.807, 2.05) is 6.07 Å². The van der Waals surface area contributed by atoms with Gasteiger partial charge >= 0.3 is 0 Å². The minimum atomic E-state index is 0.347. The Kier molecular flexibility index (Phi) is 2.86. The van der Waals surface area contributed by atoms with Gasteiger partial charge in [0.25, 0.3) is 0 Å². The van der Waals surface area contributed by atoms with Crippen molar-refractivity contribution < 1.29 is 0 Å². The second-order valence-corrected chi connectivity index (χ2v) is 4.47. The molecule has 0 unspecified atom stereocenters. The van der Waals surface area contributed by atoms with E-state index in [1.165, 1.54) is 0 Å². The van der Waals surface area contributed by atoms with E-state index in [1.54, 1.807) is 6.20 Å². The molecule has 0 bridgehead atoms. The highest BCUT2D eigenvalue weighted by atomic mass is 15.0. The molecule has 1 aromatic rings. The first-order valence-corrected chi connectivity index (χ1v) is 4.55. The summed E-state index contributed by atoms with van der Waals surface area (Å²) in [7, 11) is 0. The van der Waals surface area contributed by atoms with Crippen LogP contribution in [0.25, 0.3) is 0 Å². The van der Waals surface area contributed by atoms with Crippen LogP contribution in [0.2, 0.25) is 0 Å². The molecule has 0 aliphatic carbocycles. The summed E-state index contributed by atoms with van der Waals surface area (Å²) < 4.78 is 0. The second kappa shape index (κ2) is 3.73. The monoisotopic (exact) mass is 179 g/mol. The molecule has 3 nitrogen and oxygen atoms in total. The van der Waals surface area contributed by atoms with Crippen LogP contribution in [0.5, 0.6) is 0 Å². The lowest BCUT2D eigenvalue weighted by Crippen LogP contribution is -2.08. The number of hydrogen-bond donors (Lipinski definition) is 1. The lowest BCUT2D eigenvalue weighted by molar-refractivity contribution is 0.376. The van der Waals surface area contributed by atoms with E-state index in [2.05, 4.69) is 30.7 Å². The Balaban J connectivity index is 2.55. The van der Waals surface area contributed by atoms with Crippen molar-refractivity contribution in [2.45, 2.75) is 33.6 Å². The Morgan fingerprint density at radius 1 is 1.38 bits per heavy atom. The minimum absolute atomic E-state index is 0.347. The van der Waals surface area contributed by atoms with Gasteiger partial charge in [0.15, 0.2) is 0 Å². The maximum atomic E-state index is 5.48. The van der Waals surface area contributed by atoms with E-state index in [-0.39, 0.29) is 0 Å². The lowest BCUT2D eigenvalue weighted by atomic mass is 9.90. The quantitative estimate of drug-likeness (QED) is 0.755. The molecule has 3 heteroatoms. The van der Waals surface area contributed by atoms with Gasteiger partial charge < -0.3 is 5.73 Å². The molecule has 0 saturated heterocycles. The number of aromatic nitrogens is 2. The van der Waals surface area contributed by atoms with Crippen LogP contribution in [0.15, 0.2) is 12.3 Å². The number of rotatable bonds is 2. The highest BCUT2D eigenvalue weighted by Crippen LogP contribution is 2.20. The molecule has 0 fully saturated rings. The molecular weight excluding hydrogens is 162 g/mol. The van der Waals surface area contributed by atoms with Gasteiger partial charge in [0.2, 0.25) is 5.95 Å². The Morgan fingerprint density at radius 3 is 2.62 bits per heavy atom. The smallest absolute Gasteiger partial charge is 0.220 e. The Bertz CT molecular complexity index is 276. The van der Waals surface area contributed by atoms with E-state index < -0.39 is 0 Å². The predicted octanol–water partition coefficient (Wildman–Crippen LogP) is 2.04. The first kappa shape index (κ1) is 9.96. The van der Waals surface area contributed by atoms with Crippen molar-refractivity contribution in [1.82, 2.24) is 9.97 Å². The number of nitrogens with two attached hydrogens (primary N) is 1. The van der Waals surface area contributed by atoms with Gasteiger partial charge in [-0.25, -0.2) is 9.97 Å². The first-order valence-electron chi connectivity index (χ1n) is 4.55. The van der Waals surface area contributed by atoms with E-state index in [0.29, 0.717) is 11.4 Å². The summed E-state index contributed by atoms with van der Waals surface area (Å²) in [5.41, 5.74) is 6.85. The van der Waals surface area contributed by atoms with Crippen molar-refractivity contribution in [3.8, 4) is 0 Å². The SMILES string of the molecule is CC(C)(C)CCc1ccnc(N)n1. The van der Waals surface area contributed by atoms with Crippen molar-refractivity contribution in [3.05, 3.63) is 18.0 Å². The Labute approximate surface area is 79.4 Å². The third-order valence-electron chi connectivity index (χ3n) is 1.86. The van der Waals surface area contributed by atoms with Crippen molar-refractivity contribution in [2.24, 2.45) is 5.41 Å². The Morgan fingerprint density at radius 2 is 2.08 bits per heavy atom. The molecule has 0 aromatic carbocycles. The summed E-state index contributed by atoms with van der Waals surface area (Å²) in [5, 5.41) is 0. The average Bonchev–Trinajstić information content (AvgIpc) is 2.00. The van der Waals surface area contributed by atoms with Crippen LogP contribution in [0.4, 0.5) is 5.95 Å². The maximum absolute atomic E-state index is 5.48. The summed E-state index contributed by atoms with van der Waals surface area (Å²) in [6.45, 7) is 6.66. The van der Waals surface area contributed by atoms with Crippen molar-refractivity contribution >= 4 is 5.95 Å². The molecule has 1 rings (SSSR count). The fourth-order valence-corrected chi connectivity index (χ4v) is 1.06. The number of aryl methyl sites for hydroxylation is 1. The number of hydrogen-bond acceptors (Lipinski definition) is 3. The predicted molar refractivity (Wildman–Crippen MR) is 54.2 cm³/mol. The van der Waals surface area contributed by atoms with Gasteiger partial charge in [-0.05, 0) is 24.3 Å². The van der Waals surface area contributed by atoms with Gasteiger partial charge in [-0.15, -0.1) is 0 Å². The summed E-state index contributed by atoms with van der Waals surface area (Å²) in [6.07, 6.45) is 3.79. The Hall–Kier alpha value is -1.12. The van der Waals surface area contributed by atoms with Gasteiger partial charge in [0, 0.05) is 11.9 Å². The molecule has 0 atom stereocenters. The van der Waals surface area contributed by atoms with Crippen molar-refractivity contribution in [3.63, 3.8) is 0 Å². The van der Waals surface area contributed by atoms with Crippen LogP contribution in [0.1, 0.15) is 32.9 Å². The third kappa shape index (κ3) is 3.87. The molecule has 13 heavy (non-hydrogen) atoms. The van der Waals surface area contributed by atoms with Crippen LogP contribution in [-0.4, -0.2) is 9.97 Å². The highest BCUT2D eigenvalue weighted by Gasteiger charge is 2.10. The summed E-state index contributed by atoms with van der Waals surface area (Å²) in [6, 6.07) is 1.92. The van der Waals surface area contributed by atoms with Crippen LogP contribution >= 0.6 is 0 Å². The molecule has 1 heterocycles. The fourth-order valence-electron chi connectivity index (χ4n) is 1.06. The molecule has 1 aromatic heterocycles. The zero-order valence-electron chi connectivity index (χ0n) is 8.54. The molecular formula is C10H17N3. The molecule has 0 aliphatic heterocycles. The molecule has 0 radical (unpaired) electrons. The van der Waals surface area contributed by atoms with Gasteiger partial charge in [-0.1, -0.05) is 20.8 Å². The minimum Gasteiger partial charge on any atom is -0.368 e. The largest absolute Gasteiger partial charge is 0.368 e. The number of nitrogen functional groups attached to an aromatic ring is 1. The zero-order valence-corrected chi connectivity index (χ0v) is 8.54.